The molecule has 0 aliphatic carbocycles. The molecule has 7 nitrogen and oxygen atoms in total. The van der Waals surface area contributed by atoms with E-state index in [9.17, 15) is 10.1 Å². The molecular formula is C12H14N4O3. The lowest BCUT2D eigenvalue weighted by Crippen LogP contribution is -2.30. The molecule has 100 valence electrons. The van der Waals surface area contributed by atoms with Crippen molar-refractivity contribution in [1.29, 1.82) is 0 Å². The molecule has 7 heteroatoms. The van der Waals surface area contributed by atoms with Crippen molar-refractivity contribution in [3.05, 3.63) is 39.7 Å². The maximum atomic E-state index is 10.9. The molecule has 1 aromatic heterocycles. The van der Waals surface area contributed by atoms with Gasteiger partial charge in [0.25, 0.3) is 11.6 Å². The summed E-state index contributed by atoms with van der Waals surface area (Å²) in [6, 6.07) is 4.71. The Balaban J connectivity index is 2.51. The summed E-state index contributed by atoms with van der Waals surface area (Å²) < 4.78 is 5.13. The molecule has 0 unspecified atom stereocenters. The Bertz CT molecular complexity index is 628. The number of benzene rings is 1. The lowest BCUT2D eigenvalue weighted by Gasteiger charge is -2.11. The second-order valence-corrected chi connectivity index (χ2v) is 4.85. The molecule has 0 aliphatic heterocycles. The van der Waals surface area contributed by atoms with E-state index in [1.54, 1.807) is 32.9 Å². The Morgan fingerprint density at radius 1 is 1.42 bits per heavy atom. The Labute approximate surface area is 109 Å². The predicted octanol–water partition coefficient (Wildman–Crippen LogP) is 2.15. The Hall–Kier alpha value is -2.28. The molecule has 0 radical (unpaired) electrons. The standard InChI is InChI=1S/C12H14N4O3/c1-7-8(5-4-6-9(7)16(17)18)10-14-11(15-19-10)12(2,3)13/h4-6H,13H2,1-3H3. The van der Waals surface area contributed by atoms with Crippen molar-refractivity contribution >= 4 is 5.69 Å². The molecular weight excluding hydrogens is 248 g/mol. The molecule has 0 aliphatic rings. The van der Waals surface area contributed by atoms with E-state index in [2.05, 4.69) is 10.1 Å². The normalized spacial score (nSPS) is 11.6. The fourth-order valence-electron chi connectivity index (χ4n) is 1.65. The number of nitro benzene ring substituents is 1. The zero-order valence-electron chi connectivity index (χ0n) is 10.9. The summed E-state index contributed by atoms with van der Waals surface area (Å²) >= 11 is 0. The zero-order chi connectivity index (χ0) is 14.2. The van der Waals surface area contributed by atoms with E-state index in [-0.39, 0.29) is 11.6 Å². The lowest BCUT2D eigenvalue weighted by atomic mass is 10.1. The largest absolute Gasteiger partial charge is 0.334 e. The van der Waals surface area contributed by atoms with Gasteiger partial charge in [-0.1, -0.05) is 11.2 Å². The molecule has 2 N–H and O–H groups in total. The average Bonchev–Trinajstić information content (AvgIpc) is 2.77. The van der Waals surface area contributed by atoms with Gasteiger partial charge < -0.3 is 10.3 Å². The molecule has 0 amide bonds. The zero-order valence-corrected chi connectivity index (χ0v) is 10.9. The summed E-state index contributed by atoms with van der Waals surface area (Å²) in [7, 11) is 0. The van der Waals surface area contributed by atoms with Crippen molar-refractivity contribution < 1.29 is 9.45 Å². The van der Waals surface area contributed by atoms with E-state index < -0.39 is 10.5 Å². The Kier molecular flexibility index (Phi) is 3.07. The molecule has 0 fully saturated rings. The van der Waals surface area contributed by atoms with Crippen LogP contribution in [0.15, 0.2) is 22.7 Å². The number of hydrogen-bond donors (Lipinski definition) is 1. The van der Waals surface area contributed by atoms with Gasteiger partial charge in [-0.15, -0.1) is 0 Å². The summed E-state index contributed by atoms with van der Waals surface area (Å²) in [5, 5.41) is 14.7. The van der Waals surface area contributed by atoms with Crippen molar-refractivity contribution in [1.82, 2.24) is 10.1 Å². The molecule has 0 atom stereocenters. The third kappa shape index (κ3) is 2.45. The SMILES string of the molecule is Cc1c(-c2nc(C(C)(C)N)no2)cccc1[N+](=O)[O-]. The fraction of sp³-hybridized carbons (Fsp3) is 0.333. The number of nitrogens with two attached hydrogens (primary N) is 1. The molecule has 19 heavy (non-hydrogen) atoms. The number of nitrogens with zero attached hydrogens (tertiary/aromatic N) is 3. The summed E-state index contributed by atoms with van der Waals surface area (Å²) in [4.78, 5) is 14.6. The first-order valence-electron chi connectivity index (χ1n) is 5.68. The first kappa shape index (κ1) is 13.2. The van der Waals surface area contributed by atoms with Crippen molar-refractivity contribution in [2.45, 2.75) is 26.3 Å². The molecule has 0 spiro atoms. The van der Waals surface area contributed by atoms with Crippen LogP contribution in [0.3, 0.4) is 0 Å². The first-order chi connectivity index (χ1) is 8.80. The fourth-order valence-corrected chi connectivity index (χ4v) is 1.65. The minimum Gasteiger partial charge on any atom is -0.334 e. The van der Waals surface area contributed by atoms with Crippen molar-refractivity contribution in [3.63, 3.8) is 0 Å². The molecule has 1 aromatic carbocycles. The van der Waals surface area contributed by atoms with Gasteiger partial charge in [0, 0.05) is 17.2 Å². The highest BCUT2D eigenvalue weighted by atomic mass is 16.6. The van der Waals surface area contributed by atoms with E-state index >= 15 is 0 Å². The molecule has 2 rings (SSSR count). The number of rotatable bonds is 3. The van der Waals surface area contributed by atoms with E-state index in [1.807, 2.05) is 0 Å². The highest BCUT2D eigenvalue weighted by molar-refractivity contribution is 5.64. The van der Waals surface area contributed by atoms with Crippen LogP contribution in [0.25, 0.3) is 11.5 Å². The van der Waals surface area contributed by atoms with Crippen molar-refractivity contribution in [3.8, 4) is 11.5 Å². The number of hydrogen-bond acceptors (Lipinski definition) is 6. The van der Waals surface area contributed by atoms with Gasteiger partial charge in [-0.2, -0.15) is 4.98 Å². The molecule has 2 aromatic rings. The van der Waals surface area contributed by atoms with Gasteiger partial charge in [0.2, 0.25) is 0 Å². The Morgan fingerprint density at radius 3 is 2.63 bits per heavy atom. The van der Waals surface area contributed by atoms with Crippen molar-refractivity contribution in [2.75, 3.05) is 0 Å². The summed E-state index contributed by atoms with van der Waals surface area (Å²) in [5.41, 5.74) is 6.19. The van der Waals surface area contributed by atoms with Gasteiger partial charge in [0.05, 0.1) is 10.5 Å². The average molecular weight is 262 g/mol. The van der Waals surface area contributed by atoms with Crippen molar-refractivity contribution in [2.24, 2.45) is 5.73 Å². The number of aromatic nitrogens is 2. The van der Waals surface area contributed by atoms with E-state index in [0.717, 1.165) is 0 Å². The minimum atomic E-state index is -0.726. The van der Waals surface area contributed by atoms with Crippen LogP contribution in [0.4, 0.5) is 5.69 Å². The quantitative estimate of drug-likeness (QED) is 0.670. The minimum absolute atomic E-state index is 0.0178. The molecule has 0 bridgehead atoms. The third-order valence-corrected chi connectivity index (χ3v) is 2.73. The van der Waals surface area contributed by atoms with Crippen LogP contribution in [-0.2, 0) is 5.54 Å². The third-order valence-electron chi connectivity index (χ3n) is 2.73. The predicted molar refractivity (Wildman–Crippen MR) is 68.3 cm³/mol. The second kappa shape index (κ2) is 4.43. The van der Waals surface area contributed by atoms with Gasteiger partial charge in [-0.3, -0.25) is 10.1 Å². The van der Waals surface area contributed by atoms with E-state index in [1.165, 1.54) is 6.07 Å². The lowest BCUT2D eigenvalue weighted by molar-refractivity contribution is -0.385. The van der Waals surface area contributed by atoms with Crippen LogP contribution in [0.2, 0.25) is 0 Å². The van der Waals surface area contributed by atoms with Crippen LogP contribution in [0, 0.1) is 17.0 Å². The highest BCUT2D eigenvalue weighted by Gasteiger charge is 2.24. The van der Waals surface area contributed by atoms with Gasteiger partial charge in [0.1, 0.15) is 0 Å². The van der Waals surface area contributed by atoms with E-state index in [4.69, 9.17) is 10.3 Å². The van der Waals surface area contributed by atoms with Crippen LogP contribution in [0.5, 0.6) is 0 Å². The summed E-state index contributed by atoms with van der Waals surface area (Å²) in [6.45, 7) is 5.15. The first-order valence-corrected chi connectivity index (χ1v) is 5.68. The van der Waals surface area contributed by atoms with Crippen LogP contribution >= 0.6 is 0 Å². The maximum Gasteiger partial charge on any atom is 0.273 e. The van der Waals surface area contributed by atoms with E-state index in [0.29, 0.717) is 17.0 Å². The van der Waals surface area contributed by atoms with Crippen LogP contribution in [-0.4, -0.2) is 15.1 Å². The van der Waals surface area contributed by atoms with Crippen LogP contribution in [0.1, 0.15) is 25.2 Å². The topological polar surface area (TPSA) is 108 Å². The van der Waals surface area contributed by atoms with Crippen LogP contribution < -0.4 is 5.73 Å². The molecule has 0 saturated heterocycles. The monoisotopic (exact) mass is 262 g/mol. The summed E-state index contributed by atoms with van der Waals surface area (Å²) in [6.07, 6.45) is 0. The van der Waals surface area contributed by atoms with Gasteiger partial charge >= 0.3 is 0 Å². The van der Waals surface area contributed by atoms with Gasteiger partial charge in [-0.05, 0) is 26.8 Å². The van der Waals surface area contributed by atoms with Gasteiger partial charge in [0.15, 0.2) is 5.82 Å². The highest BCUT2D eigenvalue weighted by Crippen LogP contribution is 2.29. The molecule has 0 saturated carbocycles. The Morgan fingerprint density at radius 2 is 2.11 bits per heavy atom. The summed E-state index contributed by atoms with van der Waals surface area (Å²) in [5.74, 6) is 0.586. The number of nitro groups is 1. The maximum absolute atomic E-state index is 10.9. The van der Waals surface area contributed by atoms with Gasteiger partial charge in [-0.25, -0.2) is 0 Å². The smallest absolute Gasteiger partial charge is 0.273 e. The molecule has 1 heterocycles. The second-order valence-electron chi connectivity index (χ2n) is 4.85.